The Morgan fingerprint density at radius 2 is 2.05 bits per heavy atom. The number of para-hydroxylation sites is 1. The third kappa shape index (κ3) is 3.53. The Kier molecular flexibility index (Phi) is 5.05. The van der Waals surface area contributed by atoms with Gasteiger partial charge in [-0.15, -0.1) is 0 Å². The number of hydrogen-bond acceptors (Lipinski definition) is 3. The van der Waals surface area contributed by atoms with E-state index in [4.69, 9.17) is 16.9 Å². The Hall–Kier alpha value is -1.96. The first kappa shape index (κ1) is 14.4. The van der Waals surface area contributed by atoms with Crippen LogP contribution in [0.3, 0.4) is 0 Å². The molecule has 0 aliphatic carbocycles. The lowest BCUT2D eigenvalue weighted by Crippen LogP contribution is -2.12. The molecule has 0 atom stereocenters. The number of aliphatic imine (C=N–C) groups is 1. The summed E-state index contributed by atoms with van der Waals surface area (Å²) in [5.74, 6) is 0. The summed E-state index contributed by atoms with van der Waals surface area (Å²) in [6, 6.07) is 15.4. The topological polar surface area (TPSA) is 48.2 Å². The Morgan fingerprint density at radius 3 is 2.75 bits per heavy atom. The summed E-state index contributed by atoms with van der Waals surface area (Å²) in [7, 11) is 0. The molecule has 0 aromatic heterocycles. The molecule has 0 aliphatic heterocycles. The van der Waals surface area contributed by atoms with Crippen molar-refractivity contribution in [2.24, 2.45) is 4.99 Å². The van der Waals surface area contributed by atoms with Crippen molar-refractivity contribution in [3.05, 3.63) is 53.6 Å². The lowest BCUT2D eigenvalue weighted by atomic mass is 10.0. The van der Waals surface area contributed by atoms with Crippen LogP contribution in [0.15, 0.2) is 53.5 Å². The van der Waals surface area contributed by atoms with E-state index in [0.717, 1.165) is 16.8 Å². The normalized spacial score (nSPS) is 10.9. The summed E-state index contributed by atoms with van der Waals surface area (Å²) >= 11 is 7.42. The van der Waals surface area contributed by atoms with Crippen molar-refractivity contribution in [1.82, 2.24) is 5.32 Å². The molecule has 0 saturated heterocycles. The Morgan fingerprint density at radius 1 is 1.25 bits per heavy atom. The molecule has 0 aliphatic rings. The van der Waals surface area contributed by atoms with E-state index < -0.39 is 0 Å². The minimum atomic E-state index is 0.557. The van der Waals surface area contributed by atoms with E-state index in [9.17, 15) is 0 Å². The number of hydrogen-bond donors (Lipinski definition) is 1. The quantitative estimate of drug-likeness (QED) is 0.386. The molecule has 1 N–H and O–H groups in total. The predicted octanol–water partition coefficient (Wildman–Crippen LogP) is 4.43. The van der Waals surface area contributed by atoms with E-state index in [1.807, 2.05) is 61.0 Å². The van der Waals surface area contributed by atoms with Crippen LogP contribution in [0.2, 0.25) is 5.02 Å². The van der Waals surface area contributed by atoms with Crippen LogP contribution in [0.25, 0.3) is 11.1 Å². The average Bonchev–Trinajstić information content (AvgIpc) is 2.47. The van der Waals surface area contributed by atoms with Crippen LogP contribution in [0.5, 0.6) is 0 Å². The van der Waals surface area contributed by atoms with Crippen molar-refractivity contribution in [3.8, 4) is 17.3 Å². The zero-order chi connectivity index (χ0) is 14.4. The van der Waals surface area contributed by atoms with E-state index in [1.165, 1.54) is 11.8 Å². The number of nitrogens with zero attached hydrogens (tertiary/aromatic N) is 2. The fourth-order valence-corrected chi connectivity index (χ4v) is 2.28. The van der Waals surface area contributed by atoms with Crippen LogP contribution in [-0.2, 0) is 0 Å². The van der Waals surface area contributed by atoms with Crippen LogP contribution in [-0.4, -0.2) is 11.4 Å². The third-order valence-electron chi connectivity index (χ3n) is 2.62. The lowest BCUT2D eigenvalue weighted by molar-refractivity contribution is 1.28. The summed E-state index contributed by atoms with van der Waals surface area (Å²) in [6.07, 6.45) is 3.75. The number of benzene rings is 2. The Labute approximate surface area is 127 Å². The monoisotopic (exact) mass is 301 g/mol. The van der Waals surface area contributed by atoms with Gasteiger partial charge < -0.3 is 0 Å². The van der Waals surface area contributed by atoms with Gasteiger partial charge in [-0.25, -0.2) is 4.99 Å². The van der Waals surface area contributed by atoms with E-state index in [0.29, 0.717) is 10.2 Å². The van der Waals surface area contributed by atoms with Crippen LogP contribution in [0, 0.1) is 11.5 Å². The average molecular weight is 302 g/mol. The van der Waals surface area contributed by atoms with E-state index in [1.54, 1.807) is 0 Å². The molecule has 0 radical (unpaired) electrons. The summed E-state index contributed by atoms with van der Waals surface area (Å²) in [4.78, 5) is 4.48. The molecule has 5 heteroatoms. The molecule has 100 valence electrons. The van der Waals surface area contributed by atoms with Crippen molar-refractivity contribution >= 4 is 34.2 Å². The second-order valence-corrected chi connectivity index (χ2v) is 5.12. The zero-order valence-corrected chi connectivity index (χ0v) is 12.4. The van der Waals surface area contributed by atoms with Gasteiger partial charge in [-0.2, -0.15) is 5.26 Å². The number of thioether (sulfide) groups is 1. The van der Waals surface area contributed by atoms with Gasteiger partial charge in [0.05, 0.1) is 5.69 Å². The van der Waals surface area contributed by atoms with Gasteiger partial charge in [-0.1, -0.05) is 53.7 Å². The summed E-state index contributed by atoms with van der Waals surface area (Å²) < 4.78 is 0. The van der Waals surface area contributed by atoms with E-state index in [2.05, 4.69) is 10.3 Å². The van der Waals surface area contributed by atoms with Gasteiger partial charge >= 0.3 is 0 Å². The maximum Gasteiger partial charge on any atom is 0.183 e. The van der Waals surface area contributed by atoms with Gasteiger partial charge in [0.2, 0.25) is 0 Å². The van der Waals surface area contributed by atoms with Gasteiger partial charge in [0.25, 0.3) is 0 Å². The second-order valence-electron chi connectivity index (χ2n) is 3.89. The number of amidine groups is 1. The molecule has 0 unspecified atom stereocenters. The third-order valence-corrected chi connectivity index (χ3v) is 3.43. The molecule has 0 spiro atoms. The largest absolute Gasteiger partial charge is 0.271 e. The molecule has 0 fully saturated rings. The van der Waals surface area contributed by atoms with Crippen LogP contribution in [0.1, 0.15) is 0 Å². The zero-order valence-electron chi connectivity index (χ0n) is 10.8. The highest BCUT2D eigenvalue weighted by Gasteiger charge is 2.05. The molecule has 2 rings (SSSR count). The summed E-state index contributed by atoms with van der Waals surface area (Å²) in [6.45, 7) is 0. The van der Waals surface area contributed by atoms with Gasteiger partial charge in [0.1, 0.15) is 0 Å². The van der Waals surface area contributed by atoms with Gasteiger partial charge in [-0.05, 0) is 30.0 Å². The standard InChI is InChI=1S/C15H12ClN3S/c1-20-15(18-10-17)19-14-8-3-2-7-13(14)11-5-4-6-12(16)9-11/h2-9H,1H3,(H,18,19). The van der Waals surface area contributed by atoms with Crippen molar-refractivity contribution in [3.63, 3.8) is 0 Å². The fourth-order valence-electron chi connectivity index (χ4n) is 1.75. The maximum absolute atomic E-state index is 8.70. The molecule has 20 heavy (non-hydrogen) atoms. The second kappa shape index (κ2) is 6.99. The molecule has 0 heterocycles. The highest BCUT2D eigenvalue weighted by atomic mass is 35.5. The van der Waals surface area contributed by atoms with Crippen molar-refractivity contribution in [2.75, 3.05) is 6.26 Å². The van der Waals surface area contributed by atoms with E-state index in [-0.39, 0.29) is 0 Å². The number of halogens is 1. The minimum Gasteiger partial charge on any atom is -0.271 e. The summed E-state index contributed by atoms with van der Waals surface area (Å²) in [5.41, 5.74) is 2.76. The molecule has 0 bridgehead atoms. The van der Waals surface area contributed by atoms with Gasteiger partial charge in [0.15, 0.2) is 11.4 Å². The Balaban J connectivity index is 2.49. The first-order valence-corrected chi connectivity index (χ1v) is 7.47. The Bertz CT molecular complexity index is 677. The number of nitriles is 1. The maximum atomic E-state index is 8.70. The van der Waals surface area contributed by atoms with Crippen LogP contribution in [0.4, 0.5) is 5.69 Å². The number of rotatable bonds is 2. The van der Waals surface area contributed by atoms with Crippen molar-refractivity contribution in [2.45, 2.75) is 0 Å². The van der Waals surface area contributed by atoms with Gasteiger partial charge in [0, 0.05) is 10.6 Å². The van der Waals surface area contributed by atoms with Crippen LogP contribution < -0.4 is 5.32 Å². The smallest absolute Gasteiger partial charge is 0.183 e. The van der Waals surface area contributed by atoms with Crippen molar-refractivity contribution < 1.29 is 0 Å². The summed E-state index contributed by atoms with van der Waals surface area (Å²) in [5, 5.41) is 12.5. The molecular weight excluding hydrogens is 290 g/mol. The minimum absolute atomic E-state index is 0.557. The molecule has 0 saturated carbocycles. The molecule has 2 aromatic rings. The SMILES string of the molecule is CSC(=Nc1ccccc1-c1cccc(Cl)c1)NC#N. The molecular formula is C15H12ClN3S. The molecule has 3 nitrogen and oxygen atoms in total. The highest BCUT2D eigenvalue weighted by Crippen LogP contribution is 2.31. The van der Waals surface area contributed by atoms with Crippen LogP contribution >= 0.6 is 23.4 Å². The first-order chi connectivity index (χ1) is 9.74. The fraction of sp³-hybridized carbons (Fsp3) is 0.0667. The lowest BCUT2D eigenvalue weighted by Gasteiger charge is -2.07. The van der Waals surface area contributed by atoms with E-state index >= 15 is 0 Å². The molecule has 2 aromatic carbocycles. The molecule has 0 amide bonds. The first-order valence-electron chi connectivity index (χ1n) is 5.87. The van der Waals surface area contributed by atoms with Crippen molar-refractivity contribution in [1.29, 1.82) is 5.26 Å². The number of nitrogens with one attached hydrogen (secondary N) is 1. The highest BCUT2D eigenvalue weighted by molar-refractivity contribution is 8.13. The predicted molar refractivity (Wildman–Crippen MR) is 86.2 cm³/mol. The van der Waals surface area contributed by atoms with Gasteiger partial charge in [-0.3, -0.25) is 5.32 Å².